The van der Waals surface area contributed by atoms with E-state index in [2.05, 4.69) is 44.5 Å². The van der Waals surface area contributed by atoms with Crippen molar-refractivity contribution in [3.63, 3.8) is 0 Å². The maximum absolute atomic E-state index is 12.4. The number of aromatic nitrogens is 2. The summed E-state index contributed by atoms with van der Waals surface area (Å²) in [5.74, 6) is 2.43. The highest BCUT2D eigenvalue weighted by Gasteiger charge is 2.47. The van der Waals surface area contributed by atoms with Crippen molar-refractivity contribution in [2.45, 2.75) is 51.3 Å². The summed E-state index contributed by atoms with van der Waals surface area (Å²) in [6.07, 6.45) is 6.24. The molecule has 0 unspecified atom stereocenters. The molecule has 2 aliphatic heterocycles. The lowest BCUT2D eigenvalue weighted by Crippen LogP contribution is -2.39. The first kappa shape index (κ1) is 19.8. The average molecular weight is 435 g/mol. The summed E-state index contributed by atoms with van der Waals surface area (Å²) in [6.45, 7) is 4.13. The lowest BCUT2D eigenvalue weighted by atomic mass is 10.1. The van der Waals surface area contributed by atoms with Gasteiger partial charge >= 0.3 is 6.01 Å². The molecular formula is C24H30N6O2. The first-order valence-corrected chi connectivity index (χ1v) is 11.8. The first-order chi connectivity index (χ1) is 15.6. The fourth-order valence-corrected chi connectivity index (χ4v) is 5.55. The molecule has 1 aromatic carbocycles. The van der Waals surface area contributed by atoms with Crippen LogP contribution in [0.2, 0.25) is 0 Å². The van der Waals surface area contributed by atoms with Crippen molar-refractivity contribution in [2.75, 3.05) is 35.6 Å². The number of nitrogens with one attached hydrogen (secondary N) is 1. The van der Waals surface area contributed by atoms with Crippen molar-refractivity contribution >= 4 is 23.2 Å². The maximum Gasteiger partial charge on any atom is 0.320 e. The van der Waals surface area contributed by atoms with Gasteiger partial charge in [0.2, 0.25) is 5.91 Å². The SMILES string of the molecule is Nc1nc(O[C@@H]2C[C@@H]3C[C@@H]3C2)nc2c1NC(=O)CN2Cc1cccc(CN2CCCC2)c1. The molecule has 1 aromatic heterocycles. The minimum absolute atomic E-state index is 0.106. The Hall–Kier alpha value is -2.87. The molecule has 3 heterocycles. The van der Waals surface area contributed by atoms with Crippen molar-refractivity contribution in [3.8, 4) is 6.01 Å². The predicted octanol–water partition coefficient (Wildman–Crippen LogP) is 2.79. The van der Waals surface area contributed by atoms with Gasteiger partial charge in [-0.2, -0.15) is 9.97 Å². The Morgan fingerprint density at radius 1 is 1.06 bits per heavy atom. The van der Waals surface area contributed by atoms with Gasteiger partial charge in [0.15, 0.2) is 11.6 Å². The molecule has 0 bridgehead atoms. The second kappa shape index (κ2) is 7.92. The van der Waals surface area contributed by atoms with Crippen molar-refractivity contribution in [3.05, 3.63) is 35.4 Å². The Balaban J connectivity index is 1.22. The molecule has 4 aliphatic rings. The number of likely N-dealkylation sites (tertiary alicyclic amines) is 1. The lowest BCUT2D eigenvalue weighted by Gasteiger charge is -2.30. The standard InChI is InChI=1S/C24H30N6O2/c25-22-21-23(28-24(27-22)32-19-10-17-9-18(17)11-19)30(14-20(31)26-21)13-16-5-3-4-15(8-16)12-29-6-1-2-7-29/h3-5,8,17-19H,1-2,6-7,9-14H2,(H,26,31)(H2,25,27,28)/t17-,18+,19+. The number of nitrogen functional groups attached to an aromatic ring is 1. The number of nitrogens with zero attached hydrogens (tertiary/aromatic N) is 4. The summed E-state index contributed by atoms with van der Waals surface area (Å²) >= 11 is 0. The van der Waals surface area contributed by atoms with Gasteiger partial charge in [-0.3, -0.25) is 9.69 Å². The number of anilines is 3. The molecule has 6 rings (SSSR count). The van der Waals surface area contributed by atoms with E-state index in [9.17, 15) is 4.79 Å². The van der Waals surface area contributed by atoms with Gasteiger partial charge in [0, 0.05) is 13.1 Å². The first-order valence-electron chi connectivity index (χ1n) is 11.8. The number of amides is 1. The highest BCUT2D eigenvalue weighted by Crippen LogP contribution is 2.52. The monoisotopic (exact) mass is 434 g/mol. The van der Waals surface area contributed by atoms with E-state index in [1.54, 1.807) is 0 Å². The molecule has 0 spiro atoms. The van der Waals surface area contributed by atoms with Crippen LogP contribution >= 0.6 is 0 Å². The number of hydrogen-bond donors (Lipinski definition) is 2. The Morgan fingerprint density at radius 2 is 1.81 bits per heavy atom. The molecule has 32 heavy (non-hydrogen) atoms. The van der Waals surface area contributed by atoms with Crippen LogP contribution in [-0.4, -0.2) is 46.5 Å². The highest BCUT2D eigenvalue weighted by atomic mass is 16.5. The van der Waals surface area contributed by atoms with Crippen LogP contribution in [0, 0.1) is 11.8 Å². The van der Waals surface area contributed by atoms with Crippen LogP contribution in [0.5, 0.6) is 6.01 Å². The molecule has 3 N–H and O–H groups in total. The topological polar surface area (TPSA) is 96.6 Å². The number of rotatable bonds is 6. The van der Waals surface area contributed by atoms with Gasteiger partial charge in [-0.25, -0.2) is 0 Å². The van der Waals surface area contributed by atoms with E-state index in [1.165, 1.54) is 37.9 Å². The summed E-state index contributed by atoms with van der Waals surface area (Å²) in [5.41, 5.74) is 9.14. The smallest absolute Gasteiger partial charge is 0.320 e. The zero-order chi connectivity index (χ0) is 21.7. The highest BCUT2D eigenvalue weighted by molar-refractivity contribution is 6.03. The zero-order valence-corrected chi connectivity index (χ0v) is 18.3. The van der Waals surface area contributed by atoms with Crippen molar-refractivity contribution in [1.82, 2.24) is 14.9 Å². The number of fused-ring (bicyclic) bond motifs is 2. The molecule has 3 atom stereocenters. The number of hydrogen-bond acceptors (Lipinski definition) is 7. The molecule has 3 fully saturated rings. The third kappa shape index (κ3) is 3.99. The average Bonchev–Trinajstić information content (AvgIpc) is 3.11. The molecule has 0 radical (unpaired) electrons. The fourth-order valence-electron chi connectivity index (χ4n) is 5.55. The van der Waals surface area contributed by atoms with Crippen LogP contribution in [0.1, 0.15) is 43.2 Å². The molecule has 1 saturated heterocycles. The van der Waals surface area contributed by atoms with Crippen molar-refractivity contribution in [1.29, 1.82) is 0 Å². The number of carbonyl (C=O) groups excluding carboxylic acids is 1. The molecule has 2 aliphatic carbocycles. The van der Waals surface area contributed by atoms with Crippen LogP contribution < -0.4 is 20.7 Å². The lowest BCUT2D eigenvalue weighted by molar-refractivity contribution is -0.115. The fraction of sp³-hybridized carbons (Fsp3) is 0.542. The minimum atomic E-state index is -0.106. The van der Waals surface area contributed by atoms with Crippen LogP contribution in [0.3, 0.4) is 0 Å². The summed E-state index contributed by atoms with van der Waals surface area (Å²) < 4.78 is 6.09. The van der Waals surface area contributed by atoms with E-state index < -0.39 is 0 Å². The van der Waals surface area contributed by atoms with Gasteiger partial charge in [0.25, 0.3) is 0 Å². The van der Waals surface area contributed by atoms with E-state index in [4.69, 9.17) is 10.5 Å². The van der Waals surface area contributed by atoms with Crippen LogP contribution in [0.15, 0.2) is 24.3 Å². The van der Waals surface area contributed by atoms with E-state index in [1.807, 2.05) is 4.90 Å². The Morgan fingerprint density at radius 3 is 2.59 bits per heavy atom. The number of benzene rings is 1. The molecule has 8 heteroatoms. The van der Waals surface area contributed by atoms with E-state index in [-0.39, 0.29) is 24.4 Å². The van der Waals surface area contributed by atoms with E-state index >= 15 is 0 Å². The summed E-state index contributed by atoms with van der Waals surface area (Å²) in [5, 5.41) is 2.85. The Labute approximate surface area is 188 Å². The van der Waals surface area contributed by atoms with Crippen molar-refractivity contribution in [2.24, 2.45) is 11.8 Å². The molecule has 8 nitrogen and oxygen atoms in total. The molecule has 2 saturated carbocycles. The van der Waals surface area contributed by atoms with Crippen LogP contribution in [0.4, 0.5) is 17.3 Å². The second-order valence-corrected chi connectivity index (χ2v) is 9.76. The van der Waals surface area contributed by atoms with E-state index in [0.29, 0.717) is 24.1 Å². The van der Waals surface area contributed by atoms with Crippen molar-refractivity contribution < 1.29 is 9.53 Å². The molecular weight excluding hydrogens is 404 g/mol. The Bertz CT molecular complexity index is 1030. The van der Waals surface area contributed by atoms with Gasteiger partial charge in [-0.1, -0.05) is 24.3 Å². The summed E-state index contributed by atoms with van der Waals surface area (Å²) in [7, 11) is 0. The van der Waals surface area contributed by atoms with Crippen LogP contribution in [-0.2, 0) is 17.9 Å². The van der Waals surface area contributed by atoms with Gasteiger partial charge in [-0.15, -0.1) is 0 Å². The third-order valence-electron chi connectivity index (χ3n) is 7.24. The normalized spacial score (nSPS) is 26.6. The number of ether oxygens (including phenoxy) is 1. The van der Waals surface area contributed by atoms with Gasteiger partial charge in [-0.05, 0) is 68.2 Å². The maximum atomic E-state index is 12.4. The molecule has 168 valence electrons. The zero-order valence-electron chi connectivity index (χ0n) is 18.3. The number of nitrogens with two attached hydrogens (primary N) is 1. The minimum Gasteiger partial charge on any atom is -0.460 e. The molecule has 1 amide bonds. The van der Waals surface area contributed by atoms with Gasteiger partial charge in [0.05, 0.1) is 6.54 Å². The third-order valence-corrected chi connectivity index (χ3v) is 7.24. The van der Waals surface area contributed by atoms with Crippen LogP contribution in [0.25, 0.3) is 0 Å². The largest absolute Gasteiger partial charge is 0.460 e. The van der Waals surface area contributed by atoms with E-state index in [0.717, 1.165) is 36.8 Å². The summed E-state index contributed by atoms with van der Waals surface area (Å²) in [4.78, 5) is 25.9. The predicted molar refractivity (Wildman–Crippen MR) is 122 cm³/mol. The molecule has 2 aromatic rings. The quantitative estimate of drug-likeness (QED) is 0.722. The second-order valence-electron chi connectivity index (χ2n) is 9.76. The Kier molecular flexibility index (Phi) is 4.90. The number of carbonyl (C=O) groups is 1. The van der Waals surface area contributed by atoms with Gasteiger partial charge < -0.3 is 20.7 Å². The van der Waals surface area contributed by atoms with Gasteiger partial charge in [0.1, 0.15) is 11.8 Å². The summed E-state index contributed by atoms with van der Waals surface area (Å²) in [6, 6.07) is 8.93.